The summed E-state index contributed by atoms with van der Waals surface area (Å²) in [5, 5.41) is 23.2. The minimum Gasteiger partial charge on any atom is -0.508 e. The number of nitro groups is 1. The summed E-state index contributed by atoms with van der Waals surface area (Å²) in [6.45, 7) is 3.43. The fourth-order valence-electron chi connectivity index (χ4n) is 2.42. The van der Waals surface area contributed by atoms with Crippen LogP contribution in [0.3, 0.4) is 0 Å². The smallest absolute Gasteiger partial charge is 0.285 e. The molecule has 0 radical (unpaired) electrons. The number of carbonyl (C=O) groups excluding carboxylic acids is 1. The van der Waals surface area contributed by atoms with Gasteiger partial charge in [0, 0.05) is 11.6 Å². The lowest BCUT2D eigenvalue weighted by atomic mass is 10.0. The molecule has 6 heteroatoms. The van der Waals surface area contributed by atoms with Crippen molar-refractivity contribution in [2.24, 2.45) is 0 Å². The minimum absolute atomic E-state index is 0.0626. The van der Waals surface area contributed by atoms with Gasteiger partial charge >= 0.3 is 0 Å². The minimum atomic E-state index is -0.533. The van der Waals surface area contributed by atoms with Crippen molar-refractivity contribution in [3.05, 3.63) is 69.3 Å². The second-order valence-electron chi connectivity index (χ2n) is 5.47. The Bertz CT molecular complexity index is 726. The Labute approximate surface area is 133 Å². The van der Waals surface area contributed by atoms with Crippen molar-refractivity contribution in [3.8, 4) is 5.75 Å². The third-order valence-electron chi connectivity index (χ3n) is 3.52. The van der Waals surface area contributed by atoms with Crippen LogP contribution in [-0.2, 0) is 6.42 Å². The maximum Gasteiger partial charge on any atom is 0.285 e. The van der Waals surface area contributed by atoms with E-state index in [1.165, 1.54) is 6.07 Å². The molecule has 0 heterocycles. The van der Waals surface area contributed by atoms with Gasteiger partial charge in [-0.15, -0.1) is 0 Å². The van der Waals surface area contributed by atoms with Crippen LogP contribution < -0.4 is 5.32 Å². The average molecular weight is 314 g/mol. The summed E-state index contributed by atoms with van der Waals surface area (Å²) in [6, 6.07) is 11.2. The van der Waals surface area contributed by atoms with Crippen LogP contribution in [0.5, 0.6) is 5.75 Å². The first-order valence-corrected chi connectivity index (χ1v) is 7.21. The van der Waals surface area contributed by atoms with E-state index >= 15 is 0 Å². The fourth-order valence-corrected chi connectivity index (χ4v) is 2.42. The van der Waals surface area contributed by atoms with Gasteiger partial charge in [0.15, 0.2) is 0 Å². The molecule has 1 unspecified atom stereocenters. The Morgan fingerprint density at radius 3 is 2.52 bits per heavy atom. The molecule has 0 aliphatic carbocycles. The van der Waals surface area contributed by atoms with Crippen molar-refractivity contribution < 1.29 is 14.8 Å². The lowest BCUT2D eigenvalue weighted by Gasteiger charge is -2.14. The number of rotatable bonds is 5. The standard InChI is InChI=1S/C17H18N2O4/c1-11-4-3-5-15(16(11)19(22)23)17(21)18-12(2)10-13-6-8-14(20)9-7-13/h3-9,12,20H,10H2,1-2H3,(H,18,21). The summed E-state index contributed by atoms with van der Waals surface area (Å²) in [7, 11) is 0. The third-order valence-corrected chi connectivity index (χ3v) is 3.52. The number of nitrogens with zero attached hydrogens (tertiary/aromatic N) is 1. The number of nitro benzene ring substituents is 1. The van der Waals surface area contributed by atoms with Crippen LogP contribution in [0.15, 0.2) is 42.5 Å². The Hall–Kier alpha value is -2.89. The number of phenolic OH excluding ortho intramolecular Hbond substituents is 1. The summed E-state index contributed by atoms with van der Waals surface area (Å²) < 4.78 is 0. The predicted molar refractivity (Wildman–Crippen MR) is 86.6 cm³/mol. The number of hydrogen-bond acceptors (Lipinski definition) is 4. The molecular formula is C17H18N2O4. The zero-order chi connectivity index (χ0) is 17.0. The predicted octanol–water partition coefficient (Wildman–Crippen LogP) is 2.97. The monoisotopic (exact) mass is 314 g/mol. The number of nitrogens with one attached hydrogen (secondary N) is 1. The number of hydrogen-bond donors (Lipinski definition) is 2. The summed E-state index contributed by atoms with van der Waals surface area (Å²) >= 11 is 0. The molecule has 1 amide bonds. The van der Waals surface area contributed by atoms with E-state index in [0.717, 1.165) is 5.56 Å². The van der Waals surface area contributed by atoms with Gasteiger partial charge in [0.2, 0.25) is 0 Å². The maximum absolute atomic E-state index is 12.3. The number of aromatic hydroxyl groups is 1. The first-order valence-electron chi connectivity index (χ1n) is 7.21. The lowest BCUT2D eigenvalue weighted by Crippen LogP contribution is -2.34. The zero-order valence-electron chi connectivity index (χ0n) is 12.9. The first-order chi connectivity index (χ1) is 10.9. The molecule has 2 N–H and O–H groups in total. The summed E-state index contributed by atoms with van der Waals surface area (Å²) in [6.07, 6.45) is 0.561. The Morgan fingerprint density at radius 1 is 1.26 bits per heavy atom. The number of amides is 1. The van der Waals surface area contributed by atoms with Crippen LogP contribution in [0.4, 0.5) is 5.69 Å². The molecule has 2 aromatic carbocycles. The van der Waals surface area contributed by atoms with E-state index in [1.54, 1.807) is 43.3 Å². The normalized spacial score (nSPS) is 11.7. The molecule has 0 saturated carbocycles. The van der Waals surface area contributed by atoms with Crippen molar-refractivity contribution in [3.63, 3.8) is 0 Å². The van der Waals surface area contributed by atoms with E-state index < -0.39 is 10.8 Å². The summed E-state index contributed by atoms with van der Waals surface area (Å²) in [4.78, 5) is 22.9. The van der Waals surface area contributed by atoms with Crippen molar-refractivity contribution in [2.45, 2.75) is 26.3 Å². The molecule has 0 aromatic heterocycles. The second kappa shape index (κ2) is 6.91. The molecule has 23 heavy (non-hydrogen) atoms. The quantitative estimate of drug-likeness (QED) is 0.655. The molecule has 6 nitrogen and oxygen atoms in total. The molecule has 2 rings (SSSR count). The molecular weight excluding hydrogens is 296 g/mol. The van der Waals surface area contributed by atoms with Gasteiger partial charge in [-0.3, -0.25) is 14.9 Å². The number of benzene rings is 2. The van der Waals surface area contributed by atoms with Gasteiger partial charge in [0.25, 0.3) is 11.6 Å². The Kier molecular flexibility index (Phi) is 4.95. The SMILES string of the molecule is Cc1cccc(C(=O)NC(C)Cc2ccc(O)cc2)c1[N+](=O)[O-]. The van der Waals surface area contributed by atoms with Crippen LogP contribution in [0, 0.1) is 17.0 Å². The number of carbonyl (C=O) groups is 1. The molecule has 0 aliphatic rings. The largest absolute Gasteiger partial charge is 0.508 e. The Morgan fingerprint density at radius 2 is 1.91 bits per heavy atom. The molecule has 2 aromatic rings. The van der Waals surface area contributed by atoms with E-state index in [1.807, 2.05) is 6.92 Å². The lowest BCUT2D eigenvalue weighted by molar-refractivity contribution is -0.385. The van der Waals surface area contributed by atoms with Gasteiger partial charge in [-0.1, -0.05) is 24.3 Å². The maximum atomic E-state index is 12.3. The van der Waals surface area contributed by atoms with Gasteiger partial charge in [-0.25, -0.2) is 0 Å². The third kappa shape index (κ3) is 4.06. The van der Waals surface area contributed by atoms with Crippen molar-refractivity contribution in [2.75, 3.05) is 0 Å². The number of para-hydroxylation sites is 1. The van der Waals surface area contributed by atoms with Gasteiger partial charge in [-0.05, 0) is 44.0 Å². The molecule has 0 bridgehead atoms. The van der Waals surface area contributed by atoms with Gasteiger partial charge in [0.1, 0.15) is 11.3 Å². The van der Waals surface area contributed by atoms with Crippen molar-refractivity contribution in [1.82, 2.24) is 5.32 Å². The van der Waals surface area contributed by atoms with Crippen molar-refractivity contribution in [1.29, 1.82) is 0 Å². The van der Waals surface area contributed by atoms with Crippen LogP contribution in [-0.4, -0.2) is 22.0 Å². The van der Waals surface area contributed by atoms with Crippen LogP contribution in [0.2, 0.25) is 0 Å². The summed E-state index contributed by atoms with van der Waals surface area (Å²) in [5.74, 6) is -0.285. The highest BCUT2D eigenvalue weighted by Crippen LogP contribution is 2.23. The van der Waals surface area contributed by atoms with Gasteiger partial charge < -0.3 is 10.4 Å². The van der Waals surface area contributed by atoms with E-state index in [2.05, 4.69) is 5.32 Å². The molecule has 0 aliphatic heterocycles. The average Bonchev–Trinajstić information content (AvgIpc) is 2.48. The number of aryl methyl sites for hydroxylation is 1. The molecule has 0 spiro atoms. The number of phenols is 1. The molecule has 120 valence electrons. The van der Waals surface area contributed by atoms with Crippen molar-refractivity contribution >= 4 is 11.6 Å². The highest BCUT2D eigenvalue weighted by molar-refractivity contribution is 5.98. The van der Waals surface area contributed by atoms with Gasteiger partial charge in [0.05, 0.1) is 4.92 Å². The molecule has 0 fully saturated rings. The van der Waals surface area contributed by atoms with E-state index in [0.29, 0.717) is 12.0 Å². The fraction of sp³-hybridized carbons (Fsp3) is 0.235. The van der Waals surface area contributed by atoms with Crippen LogP contribution >= 0.6 is 0 Å². The van der Waals surface area contributed by atoms with E-state index in [4.69, 9.17) is 0 Å². The van der Waals surface area contributed by atoms with Crippen LogP contribution in [0.25, 0.3) is 0 Å². The molecule has 0 saturated heterocycles. The molecule has 1 atom stereocenters. The second-order valence-corrected chi connectivity index (χ2v) is 5.47. The first kappa shape index (κ1) is 16.5. The van der Waals surface area contributed by atoms with Crippen LogP contribution in [0.1, 0.15) is 28.4 Å². The Balaban J connectivity index is 2.11. The zero-order valence-corrected chi connectivity index (χ0v) is 12.9. The van der Waals surface area contributed by atoms with E-state index in [9.17, 15) is 20.0 Å². The van der Waals surface area contributed by atoms with E-state index in [-0.39, 0.29) is 23.0 Å². The van der Waals surface area contributed by atoms with Gasteiger partial charge in [-0.2, -0.15) is 0 Å². The topological polar surface area (TPSA) is 92.5 Å². The highest BCUT2D eigenvalue weighted by Gasteiger charge is 2.23. The summed E-state index contributed by atoms with van der Waals surface area (Å²) in [5.41, 5.74) is 1.30. The highest BCUT2D eigenvalue weighted by atomic mass is 16.6.